The van der Waals surface area contributed by atoms with Crippen molar-refractivity contribution in [2.24, 2.45) is 5.92 Å². The molecule has 1 aliphatic carbocycles. The van der Waals surface area contributed by atoms with Gasteiger partial charge < -0.3 is 14.7 Å². The van der Waals surface area contributed by atoms with Gasteiger partial charge in [-0.15, -0.1) is 11.3 Å². The van der Waals surface area contributed by atoms with Gasteiger partial charge in [-0.3, -0.25) is 4.79 Å². The second kappa shape index (κ2) is 5.61. The molecule has 0 spiro atoms. The molecule has 1 N–H and O–H groups in total. The lowest BCUT2D eigenvalue weighted by Crippen LogP contribution is -2.51. The van der Waals surface area contributed by atoms with Crippen molar-refractivity contribution in [3.63, 3.8) is 0 Å². The summed E-state index contributed by atoms with van der Waals surface area (Å²) in [5.74, 6) is 0.305. The van der Waals surface area contributed by atoms with Crippen molar-refractivity contribution in [1.29, 1.82) is 0 Å². The average molecular weight is 318 g/mol. The molecular formula is C16H18N2O3S. The molecule has 1 aliphatic heterocycles. The number of fused-ring (bicyclic) bond motifs is 2. The van der Waals surface area contributed by atoms with Gasteiger partial charge in [0, 0.05) is 18.7 Å². The van der Waals surface area contributed by atoms with Crippen LogP contribution in [0.4, 0.5) is 0 Å². The van der Waals surface area contributed by atoms with Crippen molar-refractivity contribution in [3.8, 4) is 0 Å². The Balaban J connectivity index is 1.60. The van der Waals surface area contributed by atoms with Gasteiger partial charge in [0.15, 0.2) is 0 Å². The minimum Gasteiger partial charge on any atom is -0.396 e. The first kappa shape index (κ1) is 14.1. The van der Waals surface area contributed by atoms with Crippen molar-refractivity contribution >= 4 is 27.5 Å². The summed E-state index contributed by atoms with van der Waals surface area (Å²) in [5.41, 5.74) is 3.44. The van der Waals surface area contributed by atoms with E-state index in [0.717, 1.165) is 23.1 Å². The Morgan fingerprint density at radius 2 is 2.36 bits per heavy atom. The van der Waals surface area contributed by atoms with Crippen LogP contribution in [0.2, 0.25) is 0 Å². The maximum Gasteiger partial charge on any atom is 0.254 e. The van der Waals surface area contributed by atoms with E-state index in [2.05, 4.69) is 4.98 Å². The summed E-state index contributed by atoms with van der Waals surface area (Å²) in [4.78, 5) is 19.1. The number of aliphatic hydroxyl groups is 1. The van der Waals surface area contributed by atoms with E-state index in [4.69, 9.17) is 4.74 Å². The third-order valence-electron chi connectivity index (χ3n) is 4.73. The van der Waals surface area contributed by atoms with Crippen LogP contribution in [-0.4, -0.2) is 52.8 Å². The Morgan fingerprint density at radius 1 is 1.45 bits per heavy atom. The number of nitrogens with zero attached hydrogens (tertiary/aromatic N) is 2. The van der Waals surface area contributed by atoms with Crippen LogP contribution in [0, 0.1) is 5.92 Å². The third kappa shape index (κ3) is 2.31. The molecule has 2 fully saturated rings. The second-order valence-electron chi connectivity index (χ2n) is 6.03. The summed E-state index contributed by atoms with van der Waals surface area (Å²) < 4.78 is 6.83. The van der Waals surface area contributed by atoms with Gasteiger partial charge in [-0.05, 0) is 37.0 Å². The number of hydrogen-bond donors (Lipinski definition) is 1. The molecule has 116 valence electrons. The summed E-state index contributed by atoms with van der Waals surface area (Å²) in [6.07, 6.45) is 1.75. The number of hydrogen-bond acceptors (Lipinski definition) is 5. The molecule has 3 atom stereocenters. The Hall–Kier alpha value is -1.50. The zero-order valence-corrected chi connectivity index (χ0v) is 13.0. The highest BCUT2D eigenvalue weighted by Gasteiger charge is 2.42. The van der Waals surface area contributed by atoms with E-state index in [1.54, 1.807) is 16.8 Å². The predicted octanol–water partition coefficient (Wildman–Crippen LogP) is 1.91. The van der Waals surface area contributed by atoms with Gasteiger partial charge in [0.2, 0.25) is 0 Å². The van der Waals surface area contributed by atoms with Crippen LogP contribution in [0.3, 0.4) is 0 Å². The Labute approximate surface area is 132 Å². The van der Waals surface area contributed by atoms with Crippen LogP contribution in [0.25, 0.3) is 10.2 Å². The quantitative estimate of drug-likeness (QED) is 0.919. The van der Waals surface area contributed by atoms with Gasteiger partial charge in [0.05, 0.1) is 34.5 Å². The van der Waals surface area contributed by atoms with E-state index >= 15 is 0 Å². The predicted molar refractivity (Wildman–Crippen MR) is 84.0 cm³/mol. The number of ether oxygens (including phenoxy) is 1. The molecule has 0 radical (unpaired) electrons. The monoisotopic (exact) mass is 318 g/mol. The third-order valence-corrected chi connectivity index (χ3v) is 5.52. The van der Waals surface area contributed by atoms with Crippen molar-refractivity contribution in [3.05, 3.63) is 29.3 Å². The summed E-state index contributed by atoms with van der Waals surface area (Å²) in [6, 6.07) is 5.78. The SMILES string of the molecule is O=C(c1ccc2ncsc2c1)N1CCO[C@H]2C[C@H](CO)C[C@@H]21. The average Bonchev–Trinajstić information content (AvgIpc) is 3.18. The van der Waals surface area contributed by atoms with E-state index < -0.39 is 0 Å². The molecule has 0 bridgehead atoms. The number of thiazole rings is 1. The van der Waals surface area contributed by atoms with E-state index in [-0.39, 0.29) is 30.6 Å². The second-order valence-corrected chi connectivity index (χ2v) is 6.92. The summed E-state index contributed by atoms with van der Waals surface area (Å²) in [7, 11) is 0. The Bertz CT molecular complexity index is 702. The highest BCUT2D eigenvalue weighted by molar-refractivity contribution is 7.16. The summed E-state index contributed by atoms with van der Waals surface area (Å²) in [6.45, 7) is 1.37. The first-order chi connectivity index (χ1) is 10.8. The number of rotatable bonds is 2. The number of amides is 1. The van der Waals surface area contributed by atoms with Crippen molar-refractivity contribution in [2.45, 2.75) is 25.0 Å². The smallest absolute Gasteiger partial charge is 0.254 e. The molecule has 5 nitrogen and oxygen atoms in total. The van der Waals surface area contributed by atoms with Crippen molar-refractivity contribution in [2.75, 3.05) is 19.8 Å². The van der Waals surface area contributed by atoms with Crippen LogP contribution in [0.5, 0.6) is 0 Å². The lowest BCUT2D eigenvalue weighted by atomic mass is 10.1. The molecule has 2 heterocycles. The van der Waals surface area contributed by atoms with E-state index in [1.165, 1.54) is 0 Å². The maximum absolute atomic E-state index is 12.9. The fourth-order valence-electron chi connectivity index (χ4n) is 3.61. The number of carbonyl (C=O) groups excluding carboxylic acids is 1. The molecule has 2 aromatic rings. The first-order valence-electron chi connectivity index (χ1n) is 7.63. The molecular weight excluding hydrogens is 300 g/mol. The van der Waals surface area contributed by atoms with E-state index in [0.29, 0.717) is 18.7 Å². The van der Waals surface area contributed by atoms with Crippen LogP contribution in [0.1, 0.15) is 23.2 Å². The molecule has 1 saturated carbocycles. The highest BCUT2D eigenvalue weighted by atomic mass is 32.1. The minimum absolute atomic E-state index is 0.0622. The number of aromatic nitrogens is 1. The lowest BCUT2D eigenvalue weighted by molar-refractivity contribution is -0.0448. The first-order valence-corrected chi connectivity index (χ1v) is 8.51. The van der Waals surface area contributed by atoms with Gasteiger partial charge in [0.25, 0.3) is 5.91 Å². The van der Waals surface area contributed by atoms with Gasteiger partial charge >= 0.3 is 0 Å². The maximum atomic E-state index is 12.9. The van der Waals surface area contributed by atoms with Crippen molar-refractivity contribution < 1.29 is 14.6 Å². The molecule has 0 unspecified atom stereocenters. The number of morpholine rings is 1. The van der Waals surface area contributed by atoms with Gasteiger partial charge in [-0.2, -0.15) is 0 Å². The van der Waals surface area contributed by atoms with Gasteiger partial charge in [-0.1, -0.05) is 0 Å². The van der Waals surface area contributed by atoms with Crippen LogP contribution in [-0.2, 0) is 4.74 Å². The molecule has 1 saturated heterocycles. The van der Waals surface area contributed by atoms with Crippen LogP contribution < -0.4 is 0 Å². The van der Waals surface area contributed by atoms with Crippen LogP contribution >= 0.6 is 11.3 Å². The zero-order chi connectivity index (χ0) is 15.1. The molecule has 1 amide bonds. The number of benzene rings is 1. The van der Waals surface area contributed by atoms with Gasteiger partial charge in [0.1, 0.15) is 0 Å². The fourth-order valence-corrected chi connectivity index (χ4v) is 4.32. The van der Waals surface area contributed by atoms with Crippen molar-refractivity contribution in [1.82, 2.24) is 9.88 Å². The molecule has 6 heteroatoms. The zero-order valence-electron chi connectivity index (χ0n) is 12.1. The molecule has 22 heavy (non-hydrogen) atoms. The minimum atomic E-state index is 0.0622. The van der Waals surface area contributed by atoms with Gasteiger partial charge in [-0.25, -0.2) is 4.98 Å². The Morgan fingerprint density at radius 3 is 3.23 bits per heavy atom. The molecule has 1 aromatic carbocycles. The fraction of sp³-hybridized carbons (Fsp3) is 0.500. The van der Waals surface area contributed by atoms with Crippen LogP contribution in [0.15, 0.2) is 23.7 Å². The lowest BCUT2D eigenvalue weighted by Gasteiger charge is -2.37. The molecule has 1 aromatic heterocycles. The largest absolute Gasteiger partial charge is 0.396 e. The normalized spacial score (nSPS) is 28.0. The summed E-state index contributed by atoms with van der Waals surface area (Å²) >= 11 is 1.55. The number of aliphatic hydroxyl groups excluding tert-OH is 1. The molecule has 4 rings (SSSR count). The van der Waals surface area contributed by atoms with E-state index in [1.807, 2.05) is 23.1 Å². The molecule has 2 aliphatic rings. The number of carbonyl (C=O) groups is 1. The summed E-state index contributed by atoms with van der Waals surface area (Å²) in [5, 5.41) is 9.39. The Kier molecular flexibility index (Phi) is 3.60. The topological polar surface area (TPSA) is 62.7 Å². The highest BCUT2D eigenvalue weighted by Crippen LogP contribution is 2.35. The standard InChI is InChI=1S/C16H18N2O3S/c19-8-10-5-13-14(6-10)21-4-3-18(13)16(20)11-1-2-12-15(7-11)22-9-17-12/h1-2,7,9-10,13-14,19H,3-6,8H2/t10-,13+,14+/m1/s1. The van der Waals surface area contributed by atoms with E-state index in [9.17, 15) is 9.90 Å².